The number of nitrogens with zero attached hydrogens (tertiary/aromatic N) is 2. The molecule has 0 atom stereocenters. The monoisotopic (exact) mass is 310 g/mol. The summed E-state index contributed by atoms with van der Waals surface area (Å²) in [4.78, 5) is 0. The topological polar surface area (TPSA) is 25.8 Å². The molecule has 0 unspecified atom stereocenters. The van der Waals surface area contributed by atoms with E-state index in [1.54, 1.807) is 0 Å². The van der Waals surface area contributed by atoms with E-state index in [4.69, 9.17) is 11.6 Å². The molecule has 0 N–H and O–H groups in total. The fraction of sp³-hybridized carbons (Fsp3) is 0. The predicted molar refractivity (Wildman–Crippen MR) is 58.0 cm³/mol. The lowest BCUT2D eigenvalue weighted by atomic mass is 10.1. The maximum absolute atomic E-state index is 13.5. The first-order chi connectivity index (χ1) is 7.09. The lowest BCUT2D eigenvalue weighted by molar-refractivity contribution is 0.587. The normalized spacial score (nSPS) is 10.7. The Labute approximate surface area is 101 Å². The number of halogens is 4. The summed E-state index contributed by atoms with van der Waals surface area (Å²) in [5.41, 5.74) is -0.221. The molecule has 2 aromatic rings. The van der Waals surface area contributed by atoms with Gasteiger partial charge in [0.05, 0.1) is 17.3 Å². The molecule has 7 heteroatoms. The summed E-state index contributed by atoms with van der Waals surface area (Å²) < 4.78 is 34.6. The zero-order chi connectivity index (χ0) is 11.0. The number of rotatable bonds is 1. The summed E-state index contributed by atoms with van der Waals surface area (Å²) >= 11 is 9.44. The number of benzene rings is 1. The lowest BCUT2D eigenvalue weighted by Crippen LogP contribution is -1.91. The minimum atomic E-state index is -0.725. The molecular formula is C8H2BrClF2N2S. The molecule has 0 radical (unpaired) electrons. The van der Waals surface area contributed by atoms with E-state index in [2.05, 4.69) is 24.7 Å². The van der Waals surface area contributed by atoms with Crippen LogP contribution in [0.3, 0.4) is 0 Å². The SMILES string of the molecule is Fc1cc(Br)cc(F)c1-c1nsnc1Cl. The first-order valence-electron chi connectivity index (χ1n) is 3.72. The Balaban J connectivity index is 2.68. The first kappa shape index (κ1) is 10.9. The van der Waals surface area contributed by atoms with Gasteiger partial charge in [0.1, 0.15) is 17.3 Å². The Morgan fingerprint density at radius 1 is 1.20 bits per heavy atom. The van der Waals surface area contributed by atoms with Gasteiger partial charge in [-0.3, -0.25) is 0 Å². The largest absolute Gasteiger partial charge is 0.206 e. The van der Waals surface area contributed by atoms with E-state index in [0.717, 1.165) is 23.9 Å². The highest BCUT2D eigenvalue weighted by Gasteiger charge is 2.18. The number of aromatic nitrogens is 2. The third kappa shape index (κ3) is 2.02. The number of hydrogen-bond acceptors (Lipinski definition) is 3. The molecule has 0 amide bonds. The third-order valence-electron chi connectivity index (χ3n) is 1.69. The Hall–Kier alpha value is -0.590. The maximum Gasteiger partial charge on any atom is 0.171 e. The minimum Gasteiger partial charge on any atom is -0.206 e. The quantitative estimate of drug-likeness (QED) is 0.798. The van der Waals surface area contributed by atoms with Gasteiger partial charge in [0.25, 0.3) is 0 Å². The molecule has 0 saturated carbocycles. The van der Waals surface area contributed by atoms with Crippen molar-refractivity contribution in [3.8, 4) is 11.3 Å². The van der Waals surface area contributed by atoms with Crippen molar-refractivity contribution in [1.29, 1.82) is 0 Å². The highest BCUT2D eigenvalue weighted by atomic mass is 79.9. The van der Waals surface area contributed by atoms with Gasteiger partial charge in [0, 0.05) is 4.47 Å². The van der Waals surface area contributed by atoms with Crippen molar-refractivity contribution in [1.82, 2.24) is 8.75 Å². The van der Waals surface area contributed by atoms with Crippen LogP contribution in [0.1, 0.15) is 0 Å². The van der Waals surface area contributed by atoms with Crippen molar-refractivity contribution in [3.63, 3.8) is 0 Å². The van der Waals surface area contributed by atoms with Crippen LogP contribution in [0.25, 0.3) is 11.3 Å². The van der Waals surface area contributed by atoms with Crippen molar-refractivity contribution in [2.24, 2.45) is 0 Å². The Kier molecular flexibility index (Phi) is 2.99. The van der Waals surface area contributed by atoms with Gasteiger partial charge in [-0.05, 0) is 12.1 Å². The summed E-state index contributed by atoms with van der Waals surface area (Å²) in [6.45, 7) is 0. The van der Waals surface area contributed by atoms with Crippen LogP contribution in [0.15, 0.2) is 16.6 Å². The molecule has 15 heavy (non-hydrogen) atoms. The van der Waals surface area contributed by atoms with Crippen LogP contribution in [0.2, 0.25) is 5.15 Å². The summed E-state index contributed by atoms with van der Waals surface area (Å²) in [6.07, 6.45) is 0. The van der Waals surface area contributed by atoms with Crippen molar-refractivity contribution in [2.45, 2.75) is 0 Å². The number of hydrogen-bond donors (Lipinski definition) is 0. The Morgan fingerprint density at radius 2 is 1.80 bits per heavy atom. The molecule has 1 aromatic heterocycles. The van der Waals surface area contributed by atoms with E-state index in [1.165, 1.54) is 0 Å². The average Bonchev–Trinajstić information content (AvgIpc) is 2.50. The van der Waals surface area contributed by atoms with Gasteiger partial charge in [0.2, 0.25) is 0 Å². The van der Waals surface area contributed by atoms with E-state index in [0.29, 0.717) is 4.47 Å². The van der Waals surface area contributed by atoms with Crippen molar-refractivity contribution < 1.29 is 8.78 Å². The molecule has 2 nitrogen and oxygen atoms in total. The van der Waals surface area contributed by atoms with Crippen LogP contribution in [0.5, 0.6) is 0 Å². The highest BCUT2D eigenvalue weighted by Crippen LogP contribution is 2.32. The van der Waals surface area contributed by atoms with Crippen LogP contribution in [-0.4, -0.2) is 8.75 Å². The second kappa shape index (κ2) is 4.11. The summed E-state index contributed by atoms with van der Waals surface area (Å²) in [5.74, 6) is -1.45. The van der Waals surface area contributed by atoms with Crippen LogP contribution in [0, 0.1) is 11.6 Å². The second-order valence-corrected chi connectivity index (χ2v) is 4.45. The Morgan fingerprint density at radius 3 is 2.27 bits per heavy atom. The molecule has 0 aliphatic heterocycles. The van der Waals surface area contributed by atoms with Gasteiger partial charge in [-0.2, -0.15) is 8.75 Å². The van der Waals surface area contributed by atoms with Gasteiger partial charge in [-0.25, -0.2) is 8.78 Å². The van der Waals surface area contributed by atoms with Crippen LogP contribution < -0.4 is 0 Å². The fourth-order valence-corrected chi connectivity index (χ4v) is 2.23. The average molecular weight is 312 g/mol. The summed E-state index contributed by atoms with van der Waals surface area (Å²) in [7, 11) is 0. The molecule has 0 bridgehead atoms. The predicted octanol–water partition coefficient (Wildman–Crippen LogP) is 3.90. The van der Waals surface area contributed by atoms with Crippen LogP contribution >= 0.6 is 39.3 Å². The molecule has 2 rings (SSSR count). The van der Waals surface area contributed by atoms with Crippen molar-refractivity contribution >= 4 is 39.3 Å². The van der Waals surface area contributed by atoms with E-state index in [1.807, 2.05) is 0 Å². The van der Waals surface area contributed by atoms with Gasteiger partial charge < -0.3 is 0 Å². The van der Waals surface area contributed by atoms with Crippen LogP contribution in [-0.2, 0) is 0 Å². The van der Waals surface area contributed by atoms with E-state index in [9.17, 15) is 8.78 Å². The molecule has 0 spiro atoms. The fourth-order valence-electron chi connectivity index (χ4n) is 1.10. The van der Waals surface area contributed by atoms with Gasteiger partial charge >= 0.3 is 0 Å². The van der Waals surface area contributed by atoms with Crippen molar-refractivity contribution in [2.75, 3.05) is 0 Å². The smallest absolute Gasteiger partial charge is 0.171 e. The molecule has 0 saturated heterocycles. The Bertz CT molecular complexity index is 494. The minimum absolute atomic E-state index is 0.000113. The molecule has 0 aliphatic carbocycles. The van der Waals surface area contributed by atoms with Gasteiger partial charge in [-0.1, -0.05) is 27.5 Å². The van der Waals surface area contributed by atoms with Gasteiger partial charge in [-0.15, -0.1) is 0 Å². The molecule has 1 aromatic carbocycles. The maximum atomic E-state index is 13.5. The van der Waals surface area contributed by atoms with Gasteiger partial charge in [0.15, 0.2) is 5.15 Å². The summed E-state index contributed by atoms with van der Waals surface area (Å²) in [5, 5.41) is 0.000113. The standard InChI is InChI=1S/C8H2BrClF2N2S/c9-3-1-4(11)6(5(12)2-3)7-8(10)14-15-13-7/h1-2H. The zero-order valence-electron chi connectivity index (χ0n) is 6.97. The zero-order valence-corrected chi connectivity index (χ0v) is 10.1. The van der Waals surface area contributed by atoms with E-state index >= 15 is 0 Å². The molecule has 0 fully saturated rings. The van der Waals surface area contributed by atoms with Crippen LogP contribution in [0.4, 0.5) is 8.78 Å². The second-order valence-electron chi connectivity index (χ2n) is 2.65. The third-order valence-corrected chi connectivity index (χ3v) is 3.04. The van der Waals surface area contributed by atoms with E-state index in [-0.39, 0.29) is 16.4 Å². The molecular weight excluding hydrogens is 310 g/mol. The van der Waals surface area contributed by atoms with Crippen molar-refractivity contribution in [3.05, 3.63) is 33.4 Å². The van der Waals surface area contributed by atoms with E-state index < -0.39 is 11.6 Å². The lowest BCUT2D eigenvalue weighted by Gasteiger charge is -2.02. The molecule has 78 valence electrons. The summed E-state index contributed by atoms with van der Waals surface area (Å²) in [6, 6.07) is 2.29. The molecule has 1 heterocycles. The first-order valence-corrected chi connectivity index (χ1v) is 5.62. The highest BCUT2D eigenvalue weighted by molar-refractivity contribution is 9.10. The molecule has 0 aliphatic rings.